The number of rotatable bonds is 7. The van der Waals surface area contributed by atoms with Crippen LogP contribution in [-0.4, -0.2) is 26.2 Å². The number of carbonyl (C=O) groups excluding carboxylic acids is 1. The summed E-state index contributed by atoms with van der Waals surface area (Å²) in [6.07, 6.45) is -0.000846. The summed E-state index contributed by atoms with van der Waals surface area (Å²) in [6, 6.07) is 14.5. The van der Waals surface area contributed by atoms with E-state index in [2.05, 4.69) is 5.32 Å². The van der Waals surface area contributed by atoms with Crippen molar-refractivity contribution in [1.29, 1.82) is 0 Å². The van der Waals surface area contributed by atoms with Gasteiger partial charge in [-0.3, -0.25) is 4.79 Å². The second-order valence-electron chi connectivity index (χ2n) is 4.89. The maximum atomic E-state index is 12.4. The molecule has 5 nitrogen and oxygen atoms in total. The van der Waals surface area contributed by atoms with Crippen LogP contribution in [0.1, 0.15) is 13.3 Å². The Kier molecular flexibility index (Phi) is 5.86. The summed E-state index contributed by atoms with van der Waals surface area (Å²) in [5.74, 6) is 1.63. The smallest absolute Gasteiger partial charge is 0.265 e. The van der Waals surface area contributed by atoms with Crippen LogP contribution >= 0.6 is 0 Å². The minimum atomic E-state index is -0.564. The molecule has 0 fully saturated rings. The zero-order valence-electron chi connectivity index (χ0n) is 13.5. The maximum Gasteiger partial charge on any atom is 0.265 e. The highest BCUT2D eigenvalue weighted by atomic mass is 16.5. The van der Waals surface area contributed by atoms with E-state index < -0.39 is 6.10 Å². The SMILES string of the molecule is CC[C@H](Oc1ccccc1)C(=O)Nc1ccc(OC)c(OC)c1. The van der Waals surface area contributed by atoms with Gasteiger partial charge in [-0.15, -0.1) is 0 Å². The van der Waals surface area contributed by atoms with E-state index in [1.165, 1.54) is 0 Å². The number of methoxy groups -OCH3 is 2. The fourth-order valence-corrected chi connectivity index (χ4v) is 2.12. The highest BCUT2D eigenvalue weighted by Gasteiger charge is 2.19. The van der Waals surface area contributed by atoms with Crippen molar-refractivity contribution in [3.05, 3.63) is 48.5 Å². The van der Waals surface area contributed by atoms with Crippen LogP contribution in [0, 0.1) is 0 Å². The number of para-hydroxylation sites is 1. The molecular formula is C18H21NO4. The van der Waals surface area contributed by atoms with Gasteiger partial charge in [0, 0.05) is 11.8 Å². The zero-order valence-corrected chi connectivity index (χ0v) is 13.5. The molecule has 122 valence electrons. The number of amides is 1. The molecule has 5 heteroatoms. The first-order chi connectivity index (χ1) is 11.2. The van der Waals surface area contributed by atoms with E-state index in [0.717, 1.165) is 0 Å². The lowest BCUT2D eigenvalue weighted by atomic mass is 10.2. The number of carbonyl (C=O) groups is 1. The molecule has 0 aromatic heterocycles. The molecule has 2 aromatic rings. The second kappa shape index (κ2) is 8.08. The van der Waals surface area contributed by atoms with E-state index in [9.17, 15) is 4.79 Å². The van der Waals surface area contributed by atoms with E-state index in [-0.39, 0.29) is 5.91 Å². The molecule has 0 saturated carbocycles. The Bertz CT molecular complexity index is 643. The molecule has 0 spiro atoms. The third-order valence-corrected chi connectivity index (χ3v) is 3.34. The molecule has 2 rings (SSSR count). The summed E-state index contributed by atoms with van der Waals surface area (Å²) < 4.78 is 16.1. The fraction of sp³-hybridized carbons (Fsp3) is 0.278. The van der Waals surface area contributed by atoms with Crippen molar-refractivity contribution in [1.82, 2.24) is 0 Å². The van der Waals surface area contributed by atoms with Crippen LogP contribution in [0.25, 0.3) is 0 Å². The molecule has 0 bridgehead atoms. The van der Waals surface area contributed by atoms with Crippen molar-refractivity contribution < 1.29 is 19.0 Å². The van der Waals surface area contributed by atoms with E-state index in [0.29, 0.717) is 29.4 Å². The Hall–Kier alpha value is -2.69. The number of anilines is 1. The lowest BCUT2D eigenvalue weighted by molar-refractivity contribution is -0.122. The van der Waals surface area contributed by atoms with E-state index in [4.69, 9.17) is 14.2 Å². The average Bonchev–Trinajstić information content (AvgIpc) is 2.60. The minimum Gasteiger partial charge on any atom is -0.493 e. The molecule has 23 heavy (non-hydrogen) atoms. The Morgan fingerprint density at radius 1 is 1.04 bits per heavy atom. The summed E-state index contributed by atoms with van der Waals surface area (Å²) in [4.78, 5) is 12.4. The van der Waals surface area contributed by atoms with Crippen LogP contribution in [0.5, 0.6) is 17.2 Å². The third-order valence-electron chi connectivity index (χ3n) is 3.34. The number of benzene rings is 2. The molecule has 1 N–H and O–H groups in total. The Morgan fingerprint density at radius 3 is 2.35 bits per heavy atom. The molecular weight excluding hydrogens is 294 g/mol. The van der Waals surface area contributed by atoms with Gasteiger partial charge in [0.25, 0.3) is 5.91 Å². The lowest BCUT2D eigenvalue weighted by Crippen LogP contribution is -2.32. The van der Waals surface area contributed by atoms with Crippen molar-refractivity contribution in [2.75, 3.05) is 19.5 Å². The van der Waals surface area contributed by atoms with Gasteiger partial charge in [-0.25, -0.2) is 0 Å². The number of ether oxygens (including phenoxy) is 3. The van der Waals surface area contributed by atoms with Gasteiger partial charge in [0.1, 0.15) is 5.75 Å². The third kappa shape index (κ3) is 4.39. The van der Waals surface area contributed by atoms with Gasteiger partial charge in [-0.05, 0) is 30.7 Å². The summed E-state index contributed by atoms with van der Waals surface area (Å²) in [7, 11) is 3.12. The molecule has 0 aliphatic heterocycles. The van der Waals surface area contributed by atoms with Gasteiger partial charge >= 0.3 is 0 Å². The quantitative estimate of drug-likeness (QED) is 0.849. The Labute approximate surface area is 136 Å². The maximum absolute atomic E-state index is 12.4. The van der Waals surface area contributed by atoms with E-state index in [1.54, 1.807) is 32.4 Å². The summed E-state index contributed by atoms with van der Waals surface area (Å²) in [6.45, 7) is 1.90. The van der Waals surface area contributed by atoms with Gasteiger partial charge in [0.05, 0.1) is 14.2 Å². The predicted molar refractivity (Wildman–Crippen MR) is 89.3 cm³/mol. The van der Waals surface area contributed by atoms with Crippen molar-refractivity contribution in [3.8, 4) is 17.2 Å². The zero-order chi connectivity index (χ0) is 16.7. The van der Waals surface area contributed by atoms with Crippen LogP contribution in [-0.2, 0) is 4.79 Å². The first-order valence-corrected chi connectivity index (χ1v) is 7.42. The van der Waals surface area contributed by atoms with E-state index in [1.807, 2.05) is 37.3 Å². The first-order valence-electron chi connectivity index (χ1n) is 7.42. The molecule has 0 aliphatic carbocycles. The normalized spacial score (nSPS) is 11.4. The summed E-state index contributed by atoms with van der Waals surface area (Å²) >= 11 is 0. The average molecular weight is 315 g/mol. The minimum absolute atomic E-state index is 0.205. The fourth-order valence-electron chi connectivity index (χ4n) is 2.12. The van der Waals surface area contributed by atoms with Crippen molar-refractivity contribution in [2.45, 2.75) is 19.4 Å². The second-order valence-corrected chi connectivity index (χ2v) is 4.89. The first kappa shape index (κ1) is 16.7. The number of hydrogen-bond donors (Lipinski definition) is 1. The van der Waals surface area contributed by atoms with Gasteiger partial charge in [0.15, 0.2) is 17.6 Å². The van der Waals surface area contributed by atoms with Crippen molar-refractivity contribution >= 4 is 11.6 Å². The van der Waals surface area contributed by atoms with Crippen LogP contribution in [0.15, 0.2) is 48.5 Å². The Morgan fingerprint density at radius 2 is 1.74 bits per heavy atom. The van der Waals surface area contributed by atoms with Gasteiger partial charge in [-0.1, -0.05) is 25.1 Å². The van der Waals surface area contributed by atoms with Gasteiger partial charge in [0.2, 0.25) is 0 Å². The molecule has 1 atom stereocenters. The molecule has 2 aromatic carbocycles. The topological polar surface area (TPSA) is 56.8 Å². The molecule has 0 saturated heterocycles. The highest BCUT2D eigenvalue weighted by Crippen LogP contribution is 2.29. The van der Waals surface area contributed by atoms with Gasteiger partial charge < -0.3 is 19.5 Å². The van der Waals surface area contributed by atoms with Crippen LogP contribution in [0.4, 0.5) is 5.69 Å². The largest absolute Gasteiger partial charge is 0.493 e. The van der Waals surface area contributed by atoms with Crippen LogP contribution in [0.2, 0.25) is 0 Å². The highest BCUT2D eigenvalue weighted by molar-refractivity contribution is 5.94. The molecule has 0 unspecified atom stereocenters. The lowest BCUT2D eigenvalue weighted by Gasteiger charge is -2.18. The summed E-state index contributed by atoms with van der Waals surface area (Å²) in [5.41, 5.74) is 0.628. The Balaban J connectivity index is 2.07. The van der Waals surface area contributed by atoms with E-state index >= 15 is 0 Å². The molecule has 0 aliphatic rings. The standard InChI is InChI=1S/C18H21NO4/c1-4-15(23-14-8-6-5-7-9-14)18(20)19-13-10-11-16(21-2)17(12-13)22-3/h5-12,15H,4H2,1-3H3,(H,19,20)/t15-/m0/s1. The monoisotopic (exact) mass is 315 g/mol. The molecule has 0 radical (unpaired) electrons. The van der Waals surface area contributed by atoms with Crippen LogP contribution < -0.4 is 19.5 Å². The van der Waals surface area contributed by atoms with Crippen LogP contribution in [0.3, 0.4) is 0 Å². The number of nitrogens with one attached hydrogen (secondary N) is 1. The summed E-state index contributed by atoms with van der Waals surface area (Å²) in [5, 5.41) is 2.84. The molecule has 1 amide bonds. The van der Waals surface area contributed by atoms with Gasteiger partial charge in [-0.2, -0.15) is 0 Å². The van der Waals surface area contributed by atoms with Crippen molar-refractivity contribution in [2.24, 2.45) is 0 Å². The molecule has 0 heterocycles. The number of hydrogen-bond acceptors (Lipinski definition) is 4. The van der Waals surface area contributed by atoms with Crippen molar-refractivity contribution in [3.63, 3.8) is 0 Å². The predicted octanol–water partition coefficient (Wildman–Crippen LogP) is 3.50.